The van der Waals surface area contributed by atoms with E-state index in [1.807, 2.05) is 97.4 Å². The van der Waals surface area contributed by atoms with Gasteiger partial charge in [0.15, 0.2) is 23.0 Å². The predicted octanol–water partition coefficient (Wildman–Crippen LogP) is 6.43. The van der Waals surface area contributed by atoms with E-state index in [2.05, 4.69) is 46.5 Å². The number of ether oxygens (including phenoxy) is 4. The molecule has 2 aliphatic rings. The van der Waals surface area contributed by atoms with Gasteiger partial charge < -0.3 is 51.3 Å². The Labute approximate surface area is 308 Å². The molecule has 0 atom stereocenters. The zero-order chi connectivity index (χ0) is 37.6. The lowest BCUT2D eigenvalue weighted by Gasteiger charge is -2.35. The van der Waals surface area contributed by atoms with E-state index >= 15 is 0 Å². The number of aromatic nitrogens is 4. The van der Waals surface area contributed by atoms with Crippen molar-refractivity contribution >= 4 is 34.9 Å². The van der Waals surface area contributed by atoms with Crippen LogP contribution in [0.1, 0.15) is 50.9 Å². The van der Waals surface area contributed by atoms with Gasteiger partial charge in [0.25, 0.3) is 0 Å². The molecule has 14 heteroatoms. The van der Waals surface area contributed by atoms with Gasteiger partial charge in [-0.25, -0.2) is 9.97 Å². The van der Waals surface area contributed by atoms with Crippen molar-refractivity contribution < 1.29 is 18.9 Å². The molecule has 6 rings (SSSR count). The van der Waals surface area contributed by atoms with E-state index in [0.717, 1.165) is 71.6 Å². The summed E-state index contributed by atoms with van der Waals surface area (Å²) >= 11 is 0. The standard InChI is InChI=1S/2C18H25N5O2.C2H6/c1-11-7-17(20-3)23-18(21-11)22-12-5-6-15(24-4)16(10-12)25-14-8-13(9-14)19-2;1-11-6-17(20-2)23-18(21-11)22-14-4-5-15(24-3)16(9-14)25-10-12-7-13(19)8-12;1-2/h5-7,10,13-14,19H,8-9H2,1-4H3,(H2,20,21,22,23);4-6,9,12-13H,7-8,10,19H2,1-3H3,(H2,20,21,22,23);1-2H3. The molecular weight excluding hydrogens is 660 g/mol. The van der Waals surface area contributed by atoms with E-state index in [0.29, 0.717) is 48.0 Å². The minimum Gasteiger partial charge on any atom is -0.493 e. The van der Waals surface area contributed by atoms with Gasteiger partial charge in [-0.3, -0.25) is 0 Å². The Bertz CT molecular complexity index is 1710. The molecule has 0 radical (unpaired) electrons. The smallest absolute Gasteiger partial charge is 0.229 e. The number of aryl methyl sites for hydroxylation is 2. The molecule has 282 valence electrons. The summed E-state index contributed by atoms with van der Waals surface area (Å²) in [4.78, 5) is 17.6. The molecule has 2 aromatic carbocycles. The molecule has 0 amide bonds. The van der Waals surface area contributed by atoms with Gasteiger partial charge in [-0.15, -0.1) is 0 Å². The summed E-state index contributed by atoms with van der Waals surface area (Å²) in [6.45, 7) is 8.52. The number of nitrogens with two attached hydrogens (primary N) is 1. The molecular formula is C38H56N10O4. The Morgan fingerprint density at radius 1 is 0.673 bits per heavy atom. The highest BCUT2D eigenvalue weighted by atomic mass is 16.5. The van der Waals surface area contributed by atoms with Crippen LogP contribution in [0.4, 0.5) is 34.9 Å². The Balaban J connectivity index is 0.000000222. The maximum absolute atomic E-state index is 6.09. The van der Waals surface area contributed by atoms with Crippen LogP contribution in [0.25, 0.3) is 0 Å². The Morgan fingerprint density at radius 2 is 1.17 bits per heavy atom. The highest BCUT2D eigenvalue weighted by Crippen LogP contribution is 2.36. The van der Waals surface area contributed by atoms with Crippen molar-refractivity contribution in [2.24, 2.45) is 11.7 Å². The minimum absolute atomic E-state index is 0.215. The average molecular weight is 717 g/mol. The summed E-state index contributed by atoms with van der Waals surface area (Å²) in [7, 11) is 8.93. The molecule has 2 saturated carbocycles. The third kappa shape index (κ3) is 11.2. The zero-order valence-corrected chi connectivity index (χ0v) is 32.0. The van der Waals surface area contributed by atoms with Gasteiger partial charge in [-0.1, -0.05) is 13.8 Å². The molecule has 2 aromatic heterocycles. The Morgan fingerprint density at radius 3 is 1.63 bits per heavy atom. The molecule has 7 N–H and O–H groups in total. The zero-order valence-electron chi connectivity index (χ0n) is 32.0. The largest absolute Gasteiger partial charge is 0.493 e. The van der Waals surface area contributed by atoms with Crippen molar-refractivity contribution in [3.8, 4) is 23.0 Å². The van der Waals surface area contributed by atoms with Gasteiger partial charge >= 0.3 is 0 Å². The number of benzene rings is 2. The maximum atomic E-state index is 6.09. The fraction of sp³-hybridized carbons (Fsp3) is 0.474. The highest BCUT2D eigenvalue weighted by molar-refractivity contribution is 5.62. The van der Waals surface area contributed by atoms with E-state index < -0.39 is 0 Å². The van der Waals surface area contributed by atoms with Crippen molar-refractivity contribution in [3.05, 3.63) is 59.9 Å². The second kappa shape index (κ2) is 19.5. The highest BCUT2D eigenvalue weighted by Gasteiger charge is 2.30. The first-order valence-corrected chi connectivity index (χ1v) is 17.9. The lowest BCUT2D eigenvalue weighted by Crippen LogP contribution is -2.45. The molecule has 4 aromatic rings. The van der Waals surface area contributed by atoms with E-state index in [4.69, 9.17) is 24.7 Å². The van der Waals surface area contributed by atoms with Crippen LogP contribution in [-0.4, -0.2) is 80.1 Å². The molecule has 0 bridgehead atoms. The molecule has 0 spiro atoms. The van der Waals surface area contributed by atoms with Crippen LogP contribution >= 0.6 is 0 Å². The topological polar surface area (TPSA) is 175 Å². The van der Waals surface area contributed by atoms with Crippen molar-refractivity contribution in [2.45, 2.75) is 71.6 Å². The predicted molar refractivity (Wildman–Crippen MR) is 209 cm³/mol. The van der Waals surface area contributed by atoms with E-state index in [-0.39, 0.29) is 6.10 Å². The van der Waals surface area contributed by atoms with Crippen molar-refractivity contribution in [2.75, 3.05) is 63.2 Å². The second-order valence-corrected chi connectivity index (χ2v) is 12.5. The fourth-order valence-corrected chi connectivity index (χ4v) is 5.69. The summed E-state index contributed by atoms with van der Waals surface area (Å²) in [5.41, 5.74) is 9.30. The summed E-state index contributed by atoms with van der Waals surface area (Å²) in [5.74, 6) is 5.99. The van der Waals surface area contributed by atoms with Crippen LogP contribution in [0, 0.1) is 19.8 Å². The van der Waals surface area contributed by atoms with Crippen LogP contribution in [0.3, 0.4) is 0 Å². The molecule has 2 heterocycles. The third-order valence-electron chi connectivity index (χ3n) is 8.60. The Kier molecular flexibility index (Phi) is 14.9. The molecule has 52 heavy (non-hydrogen) atoms. The number of nitrogens with one attached hydrogen (secondary N) is 5. The van der Waals surface area contributed by atoms with Crippen molar-refractivity contribution in [1.29, 1.82) is 0 Å². The summed E-state index contributed by atoms with van der Waals surface area (Å²) in [6.07, 6.45) is 4.26. The van der Waals surface area contributed by atoms with Gasteiger partial charge in [0, 0.05) is 73.2 Å². The SMILES string of the molecule is CC.CNc1cc(C)nc(Nc2ccc(OC)c(OC3CC(NC)C3)c2)n1.CNc1cc(C)nc(Nc2ccc(OC)c(OCC3CC(N)C3)c2)n1. The monoisotopic (exact) mass is 716 g/mol. The van der Waals surface area contributed by atoms with Gasteiger partial charge in [0.1, 0.15) is 17.7 Å². The first-order valence-electron chi connectivity index (χ1n) is 17.9. The minimum atomic E-state index is 0.215. The van der Waals surface area contributed by atoms with E-state index in [1.54, 1.807) is 14.2 Å². The number of rotatable bonds is 14. The normalized spacial score (nSPS) is 18.4. The van der Waals surface area contributed by atoms with Gasteiger partial charge in [-0.05, 0) is 76.8 Å². The van der Waals surface area contributed by atoms with Crippen LogP contribution < -0.4 is 51.3 Å². The molecule has 0 aliphatic heterocycles. The lowest BCUT2D eigenvalue weighted by molar-refractivity contribution is 0.0855. The molecule has 0 unspecified atom stereocenters. The van der Waals surface area contributed by atoms with Crippen molar-refractivity contribution in [3.63, 3.8) is 0 Å². The number of nitrogens with zero attached hydrogens (tertiary/aromatic N) is 4. The molecule has 14 nitrogen and oxygen atoms in total. The molecule has 2 aliphatic carbocycles. The number of anilines is 6. The number of hydrogen-bond donors (Lipinski definition) is 6. The van der Waals surface area contributed by atoms with Crippen LogP contribution in [0.2, 0.25) is 0 Å². The number of methoxy groups -OCH3 is 2. The quantitative estimate of drug-likeness (QED) is 0.0842. The van der Waals surface area contributed by atoms with Crippen LogP contribution in [0.5, 0.6) is 23.0 Å². The summed E-state index contributed by atoms with van der Waals surface area (Å²) in [5, 5.41) is 15.8. The van der Waals surface area contributed by atoms with Gasteiger partial charge in [0.05, 0.1) is 20.8 Å². The fourth-order valence-electron chi connectivity index (χ4n) is 5.69. The maximum Gasteiger partial charge on any atom is 0.229 e. The average Bonchev–Trinajstić information content (AvgIpc) is 3.11. The summed E-state index contributed by atoms with van der Waals surface area (Å²) < 4.78 is 22.9. The molecule has 2 fully saturated rings. The van der Waals surface area contributed by atoms with Crippen molar-refractivity contribution in [1.82, 2.24) is 25.3 Å². The first-order chi connectivity index (χ1) is 25.2. The third-order valence-corrected chi connectivity index (χ3v) is 8.60. The summed E-state index contributed by atoms with van der Waals surface area (Å²) in [6, 6.07) is 16.1. The van der Waals surface area contributed by atoms with Gasteiger partial charge in [0.2, 0.25) is 11.9 Å². The first kappa shape index (κ1) is 39.7. The Hall–Kier alpha value is -5.08. The molecule has 0 saturated heterocycles. The lowest BCUT2D eigenvalue weighted by atomic mass is 9.82. The van der Waals surface area contributed by atoms with Crippen LogP contribution in [0.15, 0.2) is 48.5 Å². The van der Waals surface area contributed by atoms with E-state index in [9.17, 15) is 0 Å². The number of hydrogen-bond acceptors (Lipinski definition) is 14. The second-order valence-electron chi connectivity index (χ2n) is 12.5. The van der Waals surface area contributed by atoms with E-state index in [1.165, 1.54) is 0 Å². The van der Waals surface area contributed by atoms with Crippen LogP contribution in [-0.2, 0) is 0 Å². The van der Waals surface area contributed by atoms with Gasteiger partial charge in [-0.2, -0.15) is 9.97 Å².